The van der Waals surface area contributed by atoms with Crippen LogP contribution in [0.5, 0.6) is 0 Å². The fourth-order valence-electron chi connectivity index (χ4n) is 4.12. The molecule has 2 amide bonds. The molecule has 0 N–H and O–H groups in total. The molecule has 0 bridgehead atoms. The van der Waals surface area contributed by atoms with E-state index in [9.17, 15) is 9.59 Å². The molecule has 29 heavy (non-hydrogen) atoms. The Balaban J connectivity index is 1.36. The maximum Gasteiger partial charge on any atom is 0.272 e. The van der Waals surface area contributed by atoms with Crippen LogP contribution in [0, 0.1) is 0 Å². The van der Waals surface area contributed by atoms with Crippen molar-refractivity contribution >= 4 is 11.8 Å². The molecule has 0 radical (unpaired) electrons. The van der Waals surface area contributed by atoms with Crippen LogP contribution in [-0.4, -0.2) is 67.2 Å². The zero-order chi connectivity index (χ0) is 20.4. The molecule has 1 aliphatic carbocycles. The number of rotatable bonds is 7. The highest BCUT2D eigenvalue weighted by atomic mass is 16.5. The maximum absolute atomic E-state index is 12.8. The van der Waals surface area contributed by atoms with Crippen LogP contribution in [0.2, 0.25) is 0 Å². The standard InChI is InChI=1S/C20H28N6O3/c1-3-26-17(7-10-21-26)20(28)24-11-8-16(13-24)25(14(2)27)12-9-18-22-19(29-23-18)15-5-4-6-15/h7,10,15-16H,3-6,8-9,11-13H2,1-2H3. The Hall–Kier alpha value is -2.71. The van der Waals surface area contributed by atoms with Gasteiger partial charge in [-0.2, -0.15) is 10.1 Å². The van der Waals surface area contributed by atoms with E-state index in [1.165, 1.54) is 6.42 Å². The van der Waals surface area contributed by atoms with Crippen molar-refractivity contribution in [2.75, 3.05) is 19.6 Å². The minimum atomic E-state index is -0.0290. The Morgan fingerprint density at radius 2 is 2.14 bits per heavy atom. The van der Waals surface area contributed by atoms with Gasteiger partial charge in [0.15, 0.2) is 5.82 Å². The smallest absolute Gasteiger partial charge is 0.272 e. The number of hydrogen-bond donors (Lipinski definition) is 0. The first kappa shape index (κ1) is 19.6. The average Bonchev–Trinajstić information content (AvgIpc) is 3.40. The number of amides is 2. The van der Waals surface area contributed by atoms with Gasteiger partial charge in [0.05, 0.1) is 6.04 Å². The molecule has 9 nitrogen and oxygen atoms in total. The van der Waals surface area contributed by atoms with Crippen molar-refractivity contribution in [2.45, 2.75) is 64.5 Å². The molecule has 1 saturated carbocycles. The number of carbonyl (C=O) groups is 2. The lowest BCUT2D eigenvalue weighted by Gasteiger charge is -2.27. The third kappa shape index (κ3) is 4.04. The third-order valence-electron chi connectivity index (χ3n) is 6.05. The lowest BCUT2D eigenvalue weighted by molar-refractivity contribution is -0.130. The molecule has 156 valence electrons. The number of hydrogen-bond acceptors (Lipinski definition) is 6. The van der Waals surface area contributed by atoms with Crippen LogP contribution in [0.4, 0.5) is 0 Å². The van der Waals surface area contributed by atoms with Crippen LogP contribution in [0.3, 0.4) is 0 Å². The van der Waals surface area contributed by atoms with E-state index in [1.54, 1.807) is 23.9 Å². The highest BCUT2D eigenvalue weighted by molar-refractivity contribution is 5.92. The fraction of sp³-hybridized carbons (Fsp3) is 0.650. The second kappa shape index (κ2) is 8.34. The van der Waals surface area contributed by atoms with Crippen molar-refractivity contribution in [1.82, 2.24) is 29.7 Å². The SMILES string of the molecule is CCn1nccc1C(=O)N1CCC(N(CCc2noc(C3CCC3)n2)C(C)=O)C1. The number of likely N-dealkylation sites (tertiary alicyclic amines) is 1. The van der Waals surface area contributed by atoms with Crippen molar-refractivity contribution in [1.29, 1.82) is 0 Å². The number of aromatic nitrogens is 4. The van der Waals surface area contributed by atoms with Gasteiger partial charge < -0.3 is 14.3 Å². The summed E-state index contributed by atoms with van der Waals surface area (Å²) in [5.74, 6) is 1.76. The monoisotopic (exact) mass is 400 g/mol. The summed E-state index contributed by atoms with van der Waals surface area (Å²) in [6.45, 7) is 5.88. The second-order valence-corrected chi connectivity index (χ2v) is 7.86. The van der Waals surface area contributed by atoms with Crippen LogP contribution in [0.1, 0.15) is 67.7 Å². The molecule has 9 heteroatoms. The highest BCUT2D eigenvalue weighted by Gasteiger charge is 2.33. The van der Waals surface area contributed by atoms with Crippen LogP contribution in [-0.2, 0) is 17.8 Å². The van der Waals surface area contributed by atoms with E-state index >= 15 is 0 Å². The van der Waals surface area contributed by atoms with Crippen molar-refractivity contribution in [2.24, 2.45) is 0 Å². The zero-order valence-electron chi connectivity index (χ0n) is 17.1. The van der Waals surface area contributed by atoms with E-state index in [0.717, 1.165) is 25.2 Å². The van der Waals surface area contributed by atoms with Gasteiger partial charge in [-0.25, -0.2) is 0 Å². The van der Waals surface area contributed by atoms with Crippen molar-refractivity contribution in [3.63, 3.8) is 0 Å². The van der Waals surface area contributed by atoms with Gasteiger partial charge in [-0.1, -0.05) is 11.6 Å². The van der Waals surface area contributed by atoms with Gasteiger partial charge in [-0.15, -0.1) is 0 Å². The second-order valence-electron chi connectivity index (χ2n) is 7.86. The van der Waals surface area contributed by atoms with E-state index in [1.807, 2.05) is 16.7 Å². The summed E-state index contributed by atoms with van der Waals surface area (Å²) in [7, 11) is 0. The van der Waals surface area contributed by atoms with E-state index in [-0.39, 0.29) is 17.9 Å². The van der Waals surface area contributed by atoms with Gasteiger partial charge in [0.25, 0.3) is 5.91 Å². The van der Waals surface area contributed by atoms with Crippen LogP contribution < -0.4 is 0 Å². The summed E-state index contributed by atoms with van der Waals surface area (Å²) in [4.78, 5) is 33.3. The van der Waals surface area contributed by atoms with Crippen LogP contribution in [0.15, 0.2) is 16.8 Å². The van der Waals surface area contributed by atoms with Crippen molar-refractivity contribution in [3.8, 4) is 0 Å². The minimum Gasteiger partial charge on any atom is -0.339 e. The largest absolute Gasteiger partial charge is 0.339 e. The molecule has 1 saturated heterocycles. The molecule has 2 aromatic heterocycles. The summed E-state index contributed by atoms with van der Waals surface area (Å²) in [6.07, 6.45) is 6.42. The number of nitrogens with zero attached hydrogens (tertiary/aromatic N) is 6. The number of carbonyl (C=O) groups excluding carboxylic acids is 2. The Bertz CT molecular complexity index is 871. The first-order valence-corrected chi connectivity index (χ1v) is 10.5. The summed E-state index contributed by atoms with van der Waals surface area (Å²) in [5, 5.41) is 8.25. The van der Waals surface area contributed by atoms with E-state index in [2.05, 4.69) is 15.2 Å². The Labute approximate surface area is 170 Å². The lowest BCUT2D eigenvalue weighted by atomic mass is 9.85. The Kier molecular flexibility index (Phi) is 5.64. The van der Waals surface area contributed by atoms with E-state index in [0.29, 0.717) is 50.0 Å². The topological polar surface area (TPSA) is 97.4 Å². The molecule has 1 unspecified atom stereocenters. The quantitative estimate of drug-likeness (QED) is 0.704. The summed E-state index contributed by atoms with van der Waals surface area (Å²) in [6, 6.07) is 1.75. The van der Waals surface area contributed by atoms with Crippen molar-refractivity contribution < 1.29 is 14.1 Å². The lowest BCUT2D eigenvalue weighted by Crippen LogP contribution is -2.43. The van der Waals surface area contributed by atoms with E-state index < -0.39 is 0 Å². The minimum absolute atomic E-state index is 0.00519. The molecule has 1 atom stereocenters. The maximum atomic E-state index is 12.8. The van der Waals surface area contributed by atoms with Gasteiger partial charge in [0.2, 0.25) is 11.8 Å². The third-order valence-corrected chi connectivity index (χ3v) is 6.05. The van der Waals surface area contributed by atoms with Gasteiger partial charge in [0, 0.05) is 51.6 Å². The molecule has 4 rings (SSSR count). The molecule has 1 aliphatic heterocycles. The Morgan fingerprint density at radius 1 is 1.31 bits per heavy atom. The average molecular weight is 400 g/mol. The first-order valence-electron chi connectivity index (χ1n) is 10.5. The van der Waals surface area contributed by atoms with Crippen LogP contribution >= 0.6 is 0 Å². The van der Waals surface area contributed by atoms with Crippen LogP contribution in [0.25, 0.3) is 0 Å². The van der Waals surface area contributed by atoms with Crippen molar-refractivity contribution in [3.05, 3.63) is 29.7 Å². The van der Waals surface area contributed by atoms with Gasteiger partial charge in [-0.3, -0.25) is 14.3 Å². The molecular formula is C20H28N6O3. The predicted octanol–water partition coefficient (Wildman–Crippen LogP) is 1.86. The first-order chi connectivity index (χ1) is 14.1. The summed E-state index contributed by atoms with van der Waals surface area (Å²) >= 11 is 0. The molecule has 0 aromatic carbocycles. The summed E-state index contributed by atoms with van der Waals surface area (Å²) < 4.78 is 7.08. The summed E-state index contributed by atoms with van der Waals surface area (Å²) in [5.41, 5.74) is 0.595. The van der Waals surface area contributed by atoms with Gasteiger partial charge in [0.1, 0.15) is 5.69 Å². The van der Waals surface area contributed by atoms with Gasteiger partial charge >= 0.3 is 0 Å². The molecule has 0 spiro atoms. The fourth-order valence-corrected chi connectivity index (χ4v) is 4.12. The molecular weight excluding hydrogens is 372 g/mol. The molecule has 2 aliphatic rings. The highest BCUT2D eigenvalue weighted by Crippen LogP contribution is 2.35. The van der Waals surface area contributed by atoms with E-state index in [4.69, 9.17) is 4.52 Å². The Morgan fingerprint density at radius 3 is 2.83 bits per heavy atom. The molecule has 2 fully saturated rings. The zero-order valence-corrected chi connectivity index (χ0v) is 17.1. The normalized spacial score (nSPS) is 19.4. The molecule has 3 heterocycles. The molecule has 2 aromatic rings. The number of aryl methyl sites for hydroxylation is 1. The van der Waals surface area contributed by atoms with Gasteiger partial charge in [-0.05, 0) is 32.3 Å². The predicted molar refractivity (Wildman–Crippen MR) is 104 cm³/mol.